The van der Waals surface area contributed by atoms with E-state index in [2.05, 4.69) is 60.7 Å². The van der Waals surface area contributed by atoms with Crippen LogP contribution < -0.4 is 10.9 Å². The van der Waals surface area contributed by atoms with Crippen LogP contribution in [0.1, 0.15) is 32.8 Å². The van der Waals surface area contributed by atoms with Gasteiger partial charge in [-0.2, -0.15) is 0 Å². The second-order valence-electron chi connectivity index (χ2n) is 7.01. The average Bonchev–Trinajstić information content (AvgIpc) is 2.86. The van der Waals surface area contributed by atoms with Gasteiger partial charge in [-0.15, -0.1) is 0 Å². The quantitative estimate of drug-likeness (QED) is 0.861. The molecule has 0 amide bonds. The van der Waals surface area contributed by atoms with Crippen LogP contribution >= 0.6 is 0 Å². The van der Waals surface area contributed by atoms with Crippen LogP contribution in [0, 0.1) is 5.41 Å². The molecule has 0 aliphatic carbocycles. The Morgan fingerprint density at radius 3 is 2.55 bits per heavy atom. The summed E-state index contributed by atoms with van der Waals surface area (Å²) in [6.45, 7) is 9.05. The van der Waals surface area contributed by atoms with E-state index >= 15 is 0 Å². The number of nitrogens with zero attached hydrogens (tertiary/aromatic N) is 2. The second-order valence-corrected chi connectivity index (χ2v) is 7.01. The first kappa shape index (κ1) is 15.4. The number of aromatic nitrogens is 1. The third kappa shape index (κ3) is 4.54. The van der Waals surface area contributed by atoms with Crippen molar-refractivity contribution in [3.63, 3.8) is 0 Å². The summed E-state index contributed by atoms with van der Waals surface area (Å²) in [5, 5.41) is 0. The summed E-state index contributed by atoms with van der Waals surface area (Å²) in [5.41, 5.74) is 8.56. The largest absolute Gasteiger partial charge is 0.304 e. The monoisotopic (exact) mass is 276 g/mol. The smallest absolute Gasteiger partial charge is 0.0355 e. The van der Waals surface area contributed by atoms with E-state index in [0.717, 1.165) is 19.5 Å². The molecule has 0 aromatic carbocycles. The van der Waals surface area contributed by atoms with Gasteiger partial charge in [-0.05, 0) is 43.0 Å². The zero-order valence-electron chi connectivity index (χ0n) is 13.2. The number of pyridine rings is 1. The highest BCUT2D eigenvalue weighted by Gasteiger charge is 2.32. The van der Waals surface area contributed by atoms with Crippen molar-refractivity contribution in [1.29, 1.82) is 0 Å². The lowest BCUT2D eigenvalue weighted by atomic mass is 9.84. The summed E-state index contributed by atoms with van der Waals surface area (Å²) in [4.78, 5) is 6.46. The van der Waals surface area contributed by atoms with Crippen LogP contribution in [0.25, 0.3) is 0 Å². The van der Waals surface area contributed by atoms with Crippen LogP contribution in [-0.2, 0) is 6.42 Å². The predicted molar refractivity (Wildman–Crippen MR) is 83.4 cm³/mol. The van der Waals surface area contributed by atoms with E-state index < -0.39 is 0 Å². The normalized spacial score (nSPS) is 23.4. The molecule has 1 aliphatic rings. The van der Waals surface area contributed by atoms with Crippen LogP contribution in [0.5, 0.6) is 0 Å². The van der Waals surface area contributed by atoms with Crippen LogP contribution in [0.3, 0.4) is 0 Å². The Labute approximate surface area is 122 Å². The van der Waals surface area contributed by atoms with E-state index in [1.807, 2.05) is 12.4 Å². The number of hydrogen-bond donors (Lipinski definition) is 2. The molecule has 1 aliphatic heterocycles. The minimum atomic E-state index is 0.317. The van der Waals surface area contributed by atoms with Crippen molar-refractivity contribution in [2.45, 2.75) is 45.7 Å². The van der Waals surface area contributed by atoms with Gasteiger partial charge in [-0.3, -0.25) is 15.8 Å². The van der Waals surface area contributed by atoms with Gasteiger partial charge in [0.25, 0.3) is 0 Å². The van der Waals surface area contributed by atoms with Crippen LogP contribution in [0.15, 0.2) is 24.5 Å². The summed E-state index contributed by atoms with van der Waals surface area (Å²) in [6, 6.07) is 5.29. The molecule has 0 saturated carbocycles. The molecule has 1 fully saturated rings. The van der Waals surface area contributed by atoms with Gasteiger partial charge >= 0.3 is 0 Å². The fourth-order valence-electron chi connectivity index (χ4n) is 2.65. The molecule has 2 heterocycles. The standard InChI is InChI=1S/C16H28N4/c1-16(2,3)15-11-14(18-19-15)12-20(4)10-7-13-5-8-17-9-6-13/h5-6,8-9,14-15,18-19H,7,10-12H2,1-4H3. The summed E-state index contributed by atoms with van der Waals surface area (Å²) in [6.07, 6.45) is 6.02. The number of hydrogen-bond acceptors (Lipinski definition) is 4. The van der Waals surface area contributed by atoms with Crippen molar-refractivity contribution in [2.24, 2.45) is 5.41 Å². The molecule has 112 valence electrons. The molecule has 2 N–H and O–H groups in total. The van der Waals surface area contributed by atoms with Gasteiger partial charge in [0.1, 0.15) is 0 Å². The SMILES string of the molecule is CN(CCc1ccncc1)CC1CC(C(C)(C)C)NN1. The molecular formula is C16H28N4. The van der Waals surface area contributed by atoms with E-state index in [-0.39, 0.29) is 0 Å². The van der Waals surface area contributed by atoms with Gasteiger partial charge in [-0.25, -0.2) is 0 Å². The molecule has 1 saturated heterocycles. The topological polar surface area (TPSA) is 40.2 Å². The minimum absolute atomic E-state index is 0.317. The highest BCUT2D eigenvalue weighted by Crippen LogP contribution is 2.25. The molecule has 2 unspecified atom stereocenters. The van der Waals surface area contributed by atoms with Gasteiger partial charge < -0.3 is 4.90 Å². The zero-order chi connectivity index (χ0) is 14.6. The number of nitrogens with one attached hydrogen (secondary N) is 2. The molecule has 0 spiro atoms. The van der Waals surface area contributed by atoms with Crippen LogP contribution in [-0.4, -0.2) is 42.1 Å². The average molecular weight is 276 g/mol. The second kappa shape index (κ2) is 6.66. The Balaban J connectivity index is 1.72. The number of likely N-dealkylation sites (N-methyl/N-ethyl adjacent to an activating group) is 1. The highest BCUT2D eigenvalue weighted by atomic mass is 15.4. The van der Waals surface area contributed by atoms with Gasteiger partial charge in [0.15, 0.2) is 0 Å². The predicted octanol–water partition coefficient (Wildman–Crippen LogP) is 1.84. The van der Waals surface area contributed by atoms with E-state index in [9.17, 15) is 0 Å². The Morgan fingerprint density at radius 2 is 1.95 bits per heavy atom. The fourth-order valence-corrected chi connectivity index (χ4v) is 2.65. The van der Waals surface area contributed by atoms with E-state index in [1.54, 1.807) is 0 Å². The molecule has 1 aromatic heterocycles. The molecule has 4 heteroatoms. The van der Waals surface area contributed by atoms with E-state index in [0.29, 0.717) is 17.5 Å². The molecule has 0 bridgehead atoms. The van der Waals surface area contributed by atoms with Gasteiger partial charge in [0.05, 0.1) is 0 Å². The third-order valence-electron chi connectivity index (χ3n) is 4.09. The Bertz CT molecular complexity index is 399. The molecule has 1 aromatic rings. The van der Waals surface area contributed by atoms with Crippen molar-refractivity contribution in [2.75, 3.05) is 20.1 Å². The first-order valence-electron chi connectivity index (χ1n) is 7.53. The molecule has 2 atom stereocenters. The Kier molecular flexibility index (Phi) is 5.13. The molecule has 4 nitrogen and oxygen atoms in total. The fraction of sp³-hybridized carbons (Fsp3) is 0.688. The molecular weight excluding hydrogens is 248 g/mol. The lowest BCUT2D eigenvalue weighted by Gasteiger charge is -2.26. The van der Waals surface area contributed by atoms with Crippen molar-refractivity contribution in [3.8, 4) is 0 Å². The number of rotatable bonds is 5. The van der Waals surface area contributed by atoms with E-state index in [4.69, 9.17) is 0 Å². The molecule has 20 heavy (non-hydrogen) atoms. The first-order valence-corrected chi connectivity index (χ1v) is 7.53. The maximum absolute atomic E-state index is 4.06. The highest BCUT2D eigenvalue weighted by molar-refractivity contribution is 5.09. The van der Waals surface area contributed by atoms with Crippen LogP contribution in [0.4, 0.5) is 0 Å². The van der Waals surface area contributed by atoms with E-state index in [1.165, 1.54) is 12.0 Å². The van der Waals surface area contributed by atoms with Crippen molar-refractivity contribution in [3.05, 3.63) is 30.1 Å². The summed E-state index contributed by atoms with van der Waals surface area (Å²) in [7, 11) is 2.20. The Hall–Kier alpha value is -0.970. The molecule has 2 rings (SSSR count). The maximum Gasteiger partial charge on any atom is 0.0355 e. The van der Waals surface area contributed by atoms with Crippen LogP contribution in [0.2, 0.25) is 0 Å². The Morgan fingerprint density at radius 1 is 1.25 bits per heavy atom. The summed E-state index contributed by atoms with van der Waals surface area (Å²) >= 11 is 0. The summed E-state index contributed by atoms with van der Waals surface area (Å²) in [5.74, 6) is 0. The van der Waals surface area contributed by atoms with Gasteiger partial charge in [-0.1, -0.05) is 20.8 Å². The maximum atomic E-state index is 4.06. The molecule has 0 radical (unpaired) electrons. The van der Waals surface area contributed by atoms with Crippen molar-refractivity contribution < 1.29 is 0 Å². The van der Waals surface area contributed by atoms with Crippen molar-refractivity contribution in [1.82, 2.24) is 20.7 Å². The third-order valence-corrected chi connectivity index (χ3v) is 4.09. The lowest BCUT2D eigenvalue weighted by molar-refractivity contribution is 0.281. The lowest BCUT2D eigenvalue weighted by Crippen LogP contribution is -2.42. The zero-order valence-corrected chi connectivity index (χ0v) is 13.2. The van der Waals surface area contributed by atoms with Crippen molar-refractivity contribution >= 4 is 0 Å². The van der Waals surface area contributed by atoms with Gasteiger partial charge in [0, 0.05) is 37.6 Å². The summed E-state index contributed by atoms with van der Waals surface area (Å²) < 4.78 is 0. The first-order chi connectivity index (χ1) is 9.45. The van der Waals surface area contributed by atoms with Gasteiger partial charge in [0.2, 0.25) is 0 Å². The minimum Gasteiger partial charge on any atom is -0.304 e. The number of hydrazine groups is 1.